The number of hydrogen-bond acceptors (Lipinski definition) is 6. The highest BCUT2D eigenvalue weighted by atomic mass is 16.4. The van der Waals surface area contributed by atoms with Crippen molar-refractivity contribution in [2.75, 3.05) is 9.80 Å². The van der Waals surface area contributed by atoms with E-state index in [1.54, 1.807) is 0 Å². The molecule has 0 amide bonds. The highest BCUT2D eigenvalue weighted by Crippen LogP contribution is 2.45. The molecule has 0 aliphatic heterocycles. The predicted molar refractivity (Wildman–Crippen MR) is 312 cm³/mol. The maximum Gasteiger partial charge on any atom is 0.227 e. The van der Waals surface area contributed by atoms with Gasteiger partial charge in [0, 0.05) is 61.7 Å². The number of benzene rings is 11. The number of anilines is 6. The van der Waals surface area contributed by atoms with E-state index < -0.39 is 0 Å². The zero-order valence-corrected chi connectivity index (χ0v) is 41.5. The second kappa shape index (κ2) is 18.7. The summed E-state index contributed by atoms with van der Waals surface area (Å²) in [4.78, 5) is 14.5. The Kier molecular flexibility index (Phi) is 10.9. The fourth-order valence-electron chi connectivity index (χ4n) is 10.8. The van der Waals surface area contributed by atoms with Gasteiger partial charge < -0.3 is 23.2 Å². The van der Waals surface area contributed by atoms with Crippen molar-refractivity contribution in [1.82, 2.24) is 14.5 Å². The number of para-hydroxylation sites is 8. The van der Waals surface area contributed by atoms with Crippen molar-refractivity contribution < 1.29 is 8.83 Å². The molecule has 14 rings (SSSR count). The van der Waals surface area contributed by atoms with Crippen molar-refractivity contribution in [3.8, 4) is 50.8 Å². The van der Waals surface area contributed by atoms with Crippen molar-refractivity contribution in [2.45, 2.75) is 6.92 Å². The number of nitrogens with zero attached hydrogens (tertiary/aromatic N) is 5. The normalized spacial score (nSPS) is 11.5. The van der Waals surface area contributed by atoms with E-state index in [2.05, 4.69) is 240 Å². The fraction of sp³-hybridized carbons (Fsp3) is 0.0145. The Morgan fingerprint density at radius 3 is 1.09 bits per heavy atom. The molecule has 0 aliphatic carbocycles. The number of aromatic nitrogens is 3. The molecular formula is C69H47N5O2. The van der Waals surface area contributed by atoms with Gasteiger partial charge in [-0.25, -0.2) is 9.97 Å². The Labute approximate surface area is 439 Å². The first-order valence-electron chi connectivity index (χ1n) is 25.5. The molecule has 7 nitrogen and oxygen atoms in total. The molecule has 0 saturated carbocycles. The molecular weight excluding hydrogens is 931 g/mol. The van der Waals surface area contributed by atoms with Gasteiger partial charge in [0.25, 0.3) is 0 Å². The Balaban J connectivity index is 1.02. The molecule has 360 valence electrons. The third-order valence-electron chi connectivity index (χ3n) is 14.4. The molecule has 0 unspecified atom stereocenters. The SMILES string of the molecule is Cc1c(-c2cccc(-c3nc4ccccc4o3)c2)cc(-n2c3ccc(N(c4ccccc4)c4ccccc4)cc3c3cc(N(c4ccccc4)c4ccccc4)ccc32)cc1-c1cccc(-c2nc3ccccc3o2)c1. The lowest BCUT2D eigenvalue weighted by Gasteiger charge is -2.26. The van der Waals surface area contributed by atoms with Crippen LogP contribution in [0.1, 0.15) is 5.56 Å². The van der Waals surface area contributed by atoms with E-state index >= 15 is 0 Å². The van der Waals surface area contributed by atoms with Gasteiger partial charge in [0.2, 0.25) is 11.8 Å². The first-order valence-corrected chi connectivity index (χ1v) is 25.5. The molecule has 7 heteroatoms. The van der Waals surface area contributed by atoms with Crippen molar-refractivity contribution in [3.05, 3.63) is 272 Å². The maximum absolute atomic E-state index is 6.35. The summed E-state index contributed by atoms with van der Waals surface area (Å²) in [7, 11) is 0. The van der Waals surface area contributed by atoms with Crippen LogP contribution in [0.5, 0.6) is 0 Å². The largest absolute Gasteiger partial charge is 0.436 e. The molecule has 3 heterocycles. The van der Waals surface area contributed by atoms with Gasteiger partial charge in [-0.2, -0.15) is 0 Å². The summed E-state index contributed by atoms with van der Waals surface area (Å²) in [5.41, 5.74) is 19.9. The van der Waals surface area contributed by atoms with Gasteiger partial charge in [0.05, 0.1) is 11.0 Å². The van der Waals surface area contributed by atoms with Crippen LogP contribution in [0.15, 0.2) is 276 Å². The molecule has 76 heavy (non-hydrogen) atoms. The number of oxazole rings is 2. The van der Waals surface area contributed by atoms with Crippen LogP contribution in [0.4, 0.5) is 34.1 Å². The monoisotopic (exact) mass is 977 g/mol. The van der Waals surface area contributed by atoms with E-state index in [4.69, 9.17) is 18.8 Å². The van der Waals surface area contributed by atoms with Gasteiger partial charge in [-0.3, -0.25) is 0 Å². The van der Waals surface area contributed by atoms with Crippen LogP contribution in [0.3, 0.4) is 0 Å². The van der Waals surface area contributed by atoms with E-state index in [9.17, 15) is 0 Å². The lowest BCUT2D eigenvalue weighted by atomic mass is 9.90. The van der Waals surface area contributed by atoms with Gasteiger partial charge in [-0.05, 0) is 180 Å². The van der Waals surface area contributed by atoms with Crippen LogP contribution in [-0.2, 0) is 0 Å². The quantitative estimate of drug-likeness (QED) is 0.129. The van der Waals surface area contributed by atoms with Gasteiger partial charge in [0.15, 0.2) is 11.2 Å². The summed E-state index contributed by atoms with van der Waals surface area (Å²) < 4.78 is 15.1. The molecule has 0 N–H and O–H groups in total. The van der Waals surface area contributed by atoms with E-state index in [-0.39, 0.29) is 0 Å². The van der Waals surface area contributed by atoms with Crippen LogP contribution in [-0.4, -0.2) is 14.5 Å². The van der Waals surface area contributed by atoms with E-state index in [1.165, 1.54) is 0 Å². The smallest absolute Gasteiger partial charge is 0.227 e. The average molecular weight is 978 g/mol. The standard InChI is InChI=1S/C69H47N5O2/c1-46-58(47-20-18-22-49(40-47)68-70-62-32-14-16-34-66(62)75-68)44-57(45-59(46)48-21-19-23-50(41-48)69-71-63-33-15-17-35-67(63)76-69)74-64-38-36-55(72(51-24-6-2-7-25-51)52-26-8-3-9-27-52)42-60(64)61-43-56(37-39-65(61)74)73(53-28-10-4-11-29-53)54-30-12-5-13-31-54/h2-45H,1H3. The topological polar surface area (TPSA) is 63.5 Å². The summed E-state index contributed by atoms with van der Waals surface area (Å²) in [6.07, 6.45) is 0. The van der Waals surface area contributed by atoms with Crippen molar-refractivity contribution >= 4 is 78.1 Å². The Bertz CT molecular complexity index is 4010. The molecule has 0 bridgehead atoms. The van der Waals surface area contributed by atoms with E-state index in [0.717, 1.165) is 123 Å². The number of hydrogen-bond donors (Lipinski definition) is 0. The zero-order chi connectivity index (χ0) is 50.5. The lowest BCUT2D eigenvalue weighted by Crippen LogP contribution is -2.09. The minimum absolute atomic E-state index is 0.581. The molecule has 3 aromatic heterocycles. The Morgan fingerprint density at radius 1 is 0.329 bits per heavy atom. The summed E-state index contributed by atoms with van der Waals surface area (Å²) in [6, 6.07) is 93.8. The summed E-state index contributed by atoms with van der Waals surface area (Å²) in [6.45, 7) is 2.22. The lowest BCUT2D eigenvalue weighted by molar-refractivity contribution is 0.619. The molecule has 11 aromatic carbocycles. The van der Waals surface area contributed by atoms with Crippen LogP contribution < -0.4 is 9.80 Å². The molecule has 0 atom stereocenters. The van der Waals surface area contributed by atoms with Crippen LogP contribution in [0.25, 0.3) is 94.9 Å². The first-order chi connectivity index (χ1) is 37.6. The third kappa shape index (κ3) is 7.95. The second-order valence-corrected chi connectivity index (χ2v) is 19.1. The van der Waals surface area contributed by atoms with Crippen molar-refractivity contribution in [3.63, 3.8) is 0 Å². The van der Waals surface area contributed by atoms with E-state index in [0.29, 0.717) is 11.8 Å². The molecule has 0 aliphatic rings. The van der Waals surface area contributed by atoms with Gasteiger partial charge in [-0.15, -0.1) is 0 Å². The van der Waals surface area contributed by atoms with Gasteiger partial charge in [0.1, 0.15) is 11.0 Å². The van der Waals surface area contributed by atoms with Gasteiger partial charge in [-0.1, -0.05) is 121 Å². The minimum atomic E-state index is 0.581. The Morgan fingerprint density at radius 2 is 0.697 bits per heavy atom. The average Bonchev–Trinajstić information content (AvgIpc) is 4.27. The summed E-state index contributed by atoms with van der Waals surface area (Å²) in [5.74, 6) is 1.16. The third-order valence-corrected chi connectivity index (χ3v) is 14.4. The second-order valence-electron chi connectivity index (χ2n) is 19.1. The van der Waals surface area contributed by atoms with Crippen LogP contribution in [0, 0.1) is 6.92 Å². The molecule has 0 radical (unpaired) electrons. The highest BCUT2D eigenvalue weighted by Gasteiger charge is 2.23. The predicted octanol–water partition coefficient (Wildman–Crippen LogP) is 19.0. The maximum atomic E-state index is 6.35. The zero-order valence-electron chi connectivity index (χ0n) is 41.5. The van der Waals surface area contributed by atoms with Crippen LogP contribution >= 0.6 is 0 Å². The molecule has 0 spiro atoms. The fourth-order valence-corrected chi connectivity index (χ4v) is 10.8. The number of rotatable bonds is 11. The molecule has 0 saturated heterocycles. The van der Waals surface area contributed by atoms with Gasteiger partial charge >= 0.3 is 0 Å². The van der Waals surface area contributed by atoms with Crippen LogP contribution in [0.2, 0.25) is 0 Å². The minimum Gasteiger partial charge on any atom is -0.436 e. The Hall–Kier alpha value is -10.2. The molecule has 0 fully saturated rings. The summed E-state index contributed by atoms with van der Waals surface area (Å²) >= 11 is 0. The molecule has 14 aromatic rings. The van der Waals surface area contributed by atoms with Crippen molar-refractivity contribution in [2.24, 2.45) is 0 Å². The number of fused-ring (bicyclic) bond motifs is 5. The van der Waals surface area contributed by atoms with E-state index in [1.807, 2.05) is 48.5 Å². The summed E-state index contributed by atoms with van der Waals surface area (Å²) in [5, 5.41) is 2.23. The first kappa shape index (κ1) is 44.5. The highest BCUT2D eigenvalue weighted by molar-refractivity contribution is 6.12. The van der Waals surface area contributed by atoms with Crippen molar-refractivity contribution in [1.29, 1.82) is 0 Å².